The molecule has 0 N–H and O–H groups in total. The summed E-state index contributed by atoms with van der Waals surface area (Å²) in [5.74, 6) is 0.465. The van der Waals surface area contributed by atoms with Gasteiger partial charge in [0, 0.05) is 23.0 Å². The monoisotopic (exact) mass is 403 g/mol. The van der Waals surface area contributed by atoms with E-state index in [0.29, 0.717) is 5.92 Å². The summed E-state index contributed by atoms with van der Waals surface area (Å²) in [5, 5.41) is 0. The lowest BCUT2D eigenvalue weighted by atomic mass is 9.92. The molecular weight excluding hydrogens is 382 g/mol. The fraction of sp³-hybridized carbons (Fsp3) is 0.167. The predicted octanol–water partition coefficient (Wildman–Crippen LogP) is 7.38. The summed E-state index contributed by atoms with van der Waals surface area (Å²) in [6.45, 7) is 0. The van der Waals surface area contributed by atoms with Gasteiger partial charge in [-0.15, -0.1) is 0 Å². The van der Waals surface area contributed by atoms with Crippen LogP contribution in [0.3, 0.4) is 0 Å². The highest BCUT2D eigenvalue weighted by atomic mass is 79.9. The Morgan fingerprint density at radius 3 is 2.42 bits per heavy atom. The molecule has 0 heterocycles. The van der Waals surface area contributed by atoms with Crippen LogP contribution in [0.2, 0.25) is 0 Å². The van der Waals surface area contributed by atoms with Crippen LogP contribution in [-0.2, 0) is 0 Å². The number of allylic oxidation sites excluding steroid dienone is 8. The van der Waals surface area contributed by atoms with Gasteiger partial charge in [0.15, 0.2) is 0 Å². The van der Waals surface area contributed by atoms with E-state index < -0.39 is 0 Å². The van der Waals surface area contributed by atoms with Gasteiger partial charge in [0.25, 0.3) is 0 Å². The highest BCUT2D eigenvalue weighted by Gasteiger charge is 2.18. The van der Waals surface area contributed by atoms with Crippen molar-refractivity contribution in [2.75, 3.05) is 4.90 Å². The number of para-hydroxylation sites is 1. The van der Waals surface area contributed by atoms with Gasteiger partial charge < -0.3 is 4.90 Å². The molecule has 2 aromatic rings. The van der Waals surface area contributed by atoms with Crippen molar-refractivity contribution in [2.45, 2.75) is 25.2 Å². The Morgan fingerprint density at radius 2 is 1.69 bits per heavy atom. The third-order valence-corrected chi connectivity index (χ3v) is 5.58. The van der Waals surface area contributed by atoms with E-state index in [1.807, 2.05) is 0 Å². The van der Waals surface area contributed by atoms with E-state index in [1.165, 1.54) is 27.1 Å². The van der Waals surface area contributed by atoms with Crippen LogP contribution in [0.5, 0.6) is 0 Å². The number of rotatable bonds is 4. The Bertz CT molecular complexity index is 889. The molecule has 0 amide bonds. The SMILES string of the molecule is BrC1=CC=C(N(c2ccccc2)c2cccc(C3C=CC=CC3)c2)CC1. The van der Waals surface area contributed by atoms with Gasteiger partial charge in [0.1, 0.15) is 0 Å². The molecule has 1 atom stereocenters. The van der Waals surface area contributed by atoms with E-state index in [-0.39, 0.29) is 0 Å². The first kappa shape index (κ1) is 17.1. The number of halogens is 1. The average Bonchev–Trinajstić information content (AvgIpc) is 2.71. The molecule has 1 unspecified atom stereocenters. The minimum absolute atomic E-state index is 0.465. The Hall–Kier alpha value is -2.32. The molecular formula is C24H22BrN. The normalized spacial score (nSPS) is 19.0. The van der Waals surface area contributed by atoms with Crippen LogP contribution in [0, 0.1) is 0 Å². The van der Waals surface area contributed by atoms with Crippen molar-refractivity contribution < 1.29 is 0 Å². The molecule has 0 saturated carbocycles. The first-order valence-electron chi connectivity index (χ1n) is 9.15. The molecule has 26 heavy (non-hydrogen) atoms. The number of anilines is 2. The van der Waals surface area contributed by atoms with Crippen molar-refractivity contribution in [1.29, 1.82) is 0 Å². The van der Waals surface area contributed by atoms with Crippen LogP contribution < -0.4 is 4.90 Å². The first-order valence-corrected chi connectivity index (χ1v) is 9.94. The zero-order valence-electron chi connectivity index (χ0n) is 14.7. The Labute approximate surface area is 164 Å². The smallest absolute Gasteiger partial charge is 0.0461 e. The van der Waals surface area contributed by atoms with Crippen molar-refractivity contribution >= 4 is 27.3 Å². The minimum Gasteiger partial charge on any atom is -0.314 e. The van der Waals surface area contributed by atoms with Gasteiger partial charge in [0.05, 0.1) is 0 Å². The van der Waals surface area contributed by atoms with Crippen LogP contribution in [0.1, 0.15) is 30.7 Å². The van der Waals surface area contributed by atoms with Gasteiger partial charge in [-0.1, -0.05) is 76.6 Å². The highest BCUT2D eigenvalue weighted by molar-refractivity contribution is 9.11. The van der Waals surface area contributed by atoms with Crippen LogP contribution in [0.4, 0.5) is 11.4 Å². The maximum absolute atomic E-state index is 3.63. The van der Waals surface area contributed by atoms with E-state index in [4.69, 9.17) is 0 Å². The second-order valence-electron chi connectivity index (χ2n) is 6.69. The third kappa shape index (κ3) is 3.76. The van der Waals surface area contributed by atoms with Crippen molar-refractivity contribution in [3.8, 4) is 0 Å². The van der Waals surface area contributed by atoms with E-state index >= 15 is 0 Å². The molecule has 0 saturated heterocycles. The zero-order valence-corrected chi connectivity index (χ0v) is 16.3. The molecule has 2 heteroatoms. The van der Waals surface area contributed by atoms with Crippen molar-refractivity contribution in [3.63, 3.8) is 0 Å². The van der Waals surface area contributed by atoms with E-state index in [2.05, 4.69) is 112 Å². The van der Waals surface area contributed by atoms with Gasteiger partial charge in [0.2, 0.25) is 0 Å². The zero-order chi connectivity index (χ0) is 17.8. The number of nitrogens with zero attached hydrogens (tertiary/aromatic N) is 1. The lowest BCUT2D eigenvalue weighted by molar-refractivity contribution is 0.851. The molecule has 2 aliphatic carbocycles. The summed E-state index contributed by atoms with van der Waals surface area (Å²) in [5.41, 5.74) is 5.14. The average molecular weight is 404 g/mol. The lowest BCUT2D eigenvalue weighted by Gasteiger charge is -2.30. The van der Waals surface area contributed by atoms with Crippen molar-refractivity contribution in [3.05, 3.63) is 107 Å². The molecule has 2 aromatic carbocycles. The Kier molecular flexibility index (Phi) is 5.21. The summed E-state index contributed by atoms with van der Waals surface area (Å²) in [6.07, 6.45) is 16.4. The summed E-state index contributed by atoms with van der Waals surface area (Å²) < 4.78 is 1.27. The fourth-order valence-electron chi connectivity index (χ4n) is 3.57. The molecule has 0 spiro atoms. The largest absolute Gasteiger partial charge is 0.314 e. The molecule has 130 valence electrons. The van der Waals surface area contributed by atoms with E-state index in [1.54, 1.807) is 0 Å². The van der Waals surface area contributed by atoms with Gasteiger partial charge in [-0.3, -0.25) is 0 Å². The van der Waals surface area contributed by atoms with E-state index in [0.717, 1.165) is 19.3 Å². The standard InChI is InChI=1S/C24H22BrN/c25-21-14-16-23(17-15-21)26(22-11-5-2-6-12-22)24-13-7-10-20(18-24)19-8-3-1-4-9-19/h1-8,10-14,16,18-19H,9,15,17H2. The van der Waals surface area contributed by atoms with Crippen LogP contribution >= 0.6 is 15.9 Å². The van der Waals surface area contributed by atoms with Gasteiger partial charge in [-0.2, -0.15) is 0 Å². The van der Waals surface area contributed by atoms with Crippen LogP contribution in [0.15, 0.2) is 101 Å². The van der Waals surface area contributed by atoms with Crippen LogP contribution in [-0.4, -0.2) is 0 Å². The molecule has 0 bridgehead atoms. The topological polar surface area (TPSA) is 3.24 Å². The predicted molar refractivity (Wildman–Crippen MR) is 115 cm³/mol. The molecule has 4 rings (SSSR count). The molecule has 1 nitrogen and oxygen atoms in total. The number of hydrogen-bond donors (Lipinski definition) is 0. The second-order valence-corrected chi connectivity index (χ2v) is 7.71. The fourth-order valence-corrected chi connectivity index (χ4v) is 3.90. The maximum Gasteiger partial charge on any atom is 0.0461 e. The molecule has 2 aliphatic rings. The lowest BCUT2D eigenvalue weighted by Crippen LogP contribution is -2.18. The molecule has 0 aliphatic heterocycles. The van der Waals surface area contributed by atoms with Gasteiger partial charge >= 0.3 is 0 Å². The Balaban J connectivity index is 1.75. The highest BCUT2D eigenvalue weighted by Crippen LogP contribution is 2.36. The van der Waals surface area contributed by atoms with E-state index in [9.17, 15) is 0 Å². The van der Waals surface area contributed by atoms with Crippen molar-refractivity contribution in [2.24, 2.45) is 0 Å². The molecule has 0 aromatic heterocycles. The Morgan fingerprint density at radius 1 is 0.846 bits per heavy atom. The quantitative estimate of drug-likeness (QED) is 0.514. The summed E-state index contributed by atoms with van der Waals surface area (Å²) in [6, 6.07) is 19.6. The number of benzene rings is 2. The summed E-state index contributed by atoms with van der Waals surface area (Å²) in [4.78, 5) is 2.39. The minimum atomic E-state index is 0.465. The van der Waals surface area contributed by atoms with Crippen molar-refractivity contribution in [1.82, 2.24) is 0 Å². The van der Waals surface area contributed by atoms with Gasteiger partial charge in [-0.05, 0) is 59.6 Å². The molecule has 0 radical (unpaired) electrons. The third-order valence-electron chi connectivity index (χ3n) is 4.92. The summed E-state index contributed by atoms with van der Waals surface area (Å²) >= 11 is 3.63. The maximum atomic E-state index is 3.63. The van der Waals surface area contributed by atoms with Gasteiger partial charge in [-0.25, -0.2) is 0 Å². The number of hydrogen-bond acceptors (Lipinski definition) is 1. The molecule has 0 fully saturated rings. The summed E-state index contributed by atoms with van der Waals surface area (Å²) in [7, 11) is 0. The second kappa shape index (κ2) is 7.92. The first-order chi connectivity index (χ1) is 12.8. The van der Waals surface area contributed by atoms with Crippen LogP contribution in [0.25, 0.3) is 0 Å².